The highest BCUT2D eigenvalue weighted by molar-refractivity contribution is 5.89. The SMILES string of the molecule is Cc1cccc2cc(-c3cccn3C(=O)OC(C)(C)C)[nH]c12. The summed E-state index contributed by atoms with van der Waals surface area (Å²) in [7, 11) is 0. The van der Waals surface area contributed by atoms with Crippen LogP contribution in [0.5, 0.6) is 0 Å². The Balaban J connectivity index is 2.03. The highest BCUT2D eigenvalue weighted by Crippen LogP contribution is 2.27. The van der Waals surface area contributed by atoms with Crippen LogP contribution in [0.2, 0.25) is 0 Å². The summed E-state index contributed by atoms with van der Waals surface area (Å²) < 4.78 is 6.99. The van der Waals surface area contributed by atoms with E-state index in [9.17, 15) is 4.79 Å². The van der Waals surface area contributed by atoms with Gasteiger partial charge < -0.3 is 9.72 Å². The number of carbonyl (C=O) groups excluding carboxylic acids is 1. The lowest BCUT2D eigenvalue weighted by Crippen LogP contribution is -2.27. The van der Waals surface area contributed by atoms with E-state index >= 15 is 0 Å². The number of carbonyl (C=O) groups is 1. The first kappa shape index (κ1) is 14.4. The first-order valence-corrected chi connectivity index (χ1v) is 7.34. The van der Waals surface area contributed by atoms with Crippen molar-refractivity contribution in [2.75, 3.05) is 0 Å². The van der Waals surface area contributed by atoms with E-state index in [4.69, 9.17) is 4.74 Å². The minimum absolute atomic E-state index is 0.372. The van der Waals surface area contributed by atoms with Gasteiger partial charge in [0.05, 0.1) is 11.4 Å². The number of aromatic nitrogens is 2. The van der Waals surface area contributed by atoms with Crippen LogP contribution in [0.15, 0.2) is 42.6 Å². The van der Waals surface area contributed by atoms with E-state index in [-0.39, 0.29) is 6.09 Å². The van der Waals surface area contributed by atoms with Crippen LogP contribution in [0.4, 0.5) is 4.79 Å². The van der Waals surface area contributed by atoms with E-state index < -0.39 is 5.60 Å². The van der Waals surface area contributed by atoms with Crippen LogP contribution in [0.1, 0.15) is 26.3 Å². The Morgan fingerprint density at radius 1 is 1.18 bits per heavy atom. The zero-order chi connectivity index (χ0) is 15.9. The van der Waals surface area contributed by atoms with E-state index in [2.05, 4.69) is 30.1 Å². The average Bonchev–Trinajstić information content (AvgIpc) is 3.03. The molecule has 0 unspecified atom stereocenters. The van der Waals surface area contributed by atoms with Crippen molar-refractivity contribution < 1.29 is 9.53 Å². The van der Waals surface area contributed by atoms with Crippen LogP contribution in [0, 0.1) is 6.92 Å². The summed E-state index contributed by atoms with van der Waals surface area (Å²) in [4.78, 5) is 15.7. The van der Waals surface area contributed by atoms with E-state index in [0.29, 0.717) is 0 Å². The molecule has 0 radical (unpaired) electrons. The molecule has 2 heterocycles. The number of para-hydroxylation sites is 1. The second-order valence-electron chi connectivity index (χ2n) is 6.47. The molecule has 0 fully saturated rings. The minimum atomic E-state index is -0.518. The monoisotopic (exact) mass is 296 g/mol. The van der Waals surface area contributed by atoms with Crippen molar-refractivity contribution in [3.05, 3.63) is 48.2 Å². The van der Waals surface area contributed by atoms with E-state index in [1.807, 2.05) is 39.0 Å². The maximum atomic E-state index is 12.3. The van der Waals surface area contributed by atoms with E-state index in [1.54, 1.807) is 6.20 Å². The summed E-state index contributed by atoms with van der Waals surface area (Å²) >= 11 is 0. The van der Waals surface area contributed by atoms with Crippen molar-refractivity contribution in [2.45, 2.75) is 33.3 Å². The highest BCUT2D eigenvalue weighted by Gasteiger charge is 2.20. The zero-order valence-corrected chi connectivity index (χ0v) is 13.3. The predicted octanol–water partition coefficient (Wildman–Crippen LogP) is 4.73. The van der Waals surface area contributed by atoms with Gasteiger partial charge in [-0.15, -0.1) is 0 Å². The predicted molar refractivity (Wildman–Crippen MR) is 88.1 cm³/mol. The van der Waals surface area contributed by atoms with Gasteiger partial charge >= 0.3 is 6.09 Å². The van der Waals surface area contributed by atoms with Crippen molar-refractivity contribution in [1.82, 2.24) is 9.55 Å². The van der Waals surface area contributed by atoms with Gasteiger partial charge in [0, 0.05) is 17.1 Å². The van der Waals surface area contributed by atoms with Crippen molar-refractivity contribution in [3.63, 3.8) is 0 Å². The number of fused-ring (bicyclic) bond motifs is 1. The number of aromatic amines is 1. The maximum Gasteiger partial charge on any atom is 0.419 e. The molecule has 3 aromatic rings. The van der Waals surface area contributed by atoms with E-state index in [1.165, 1.54) is 10.1 Å². The second kappa shape index (κ2) is 5.05. The molecule has 0 bridgehead atoms. The molecular formula is C18H20N2O2. The molecule has 114 valence electrons. The largest absolute Gasteiger partial charge is 0.443 e. The topological polar surface area (TPSA) is 47.0 Å². The molecule has 4 heteroatoms. The van der Waals surface area contributed by atoms with Crippen LogP contribution >= 0.6 is 0 Å². The summed E-state index contributed by atoms with van der Waals surface area (Å²) in [5.41, 5.74) is 3.45. The smallest absolute Gasteiger partial charge is 0.419 e. The van der Waals surface area contributed by atoms with Gasteiger partial charge in [-0.3, -0.25) is 4.57 Å². The van der Waals surface area contributed by atoms with Crippen molar-refractivity contribution >= 4 is 17.0 Å². The van der Waals surface area contributed by atoms with Crippen LogP contribution < -0.4 is 0 Å². The van der Waals surface area contributed by atoms with Gasteiger partial charge in [-0.05, 0) is 51.5 Å². The third kappa shape index (κ3) is 2.64. The van der Waals surface area contributed by atoms with Gasteiger partial charge in [-0.1, -0.05) is 18.2 Å². The summed E-state index contributed by atoms with van der Waals surface area (Å²) in [6.45, 7) is 7.65. The van der Waals surface area contributed by atoms with Gasteiger partial charge in [0.1, 0.15) is 5.60 Å². The molecule has 22 heavy (non-hydrogen) atoms. The Labute approximate surface area is 129 Å². The molecule has 0 aliphatic heterocycles. The zero-order valence-electron chi connectivity index (χ0n) is 13.3. The molecule has 0 amide bonds. The fourth-order valence-electron chi connectivity index (χ4n) is 2.52. The van der Waals surface area contributed by atoms with E-state index in [0.717, 1.165) is 22.3 Å². The third-order valence-electron chi connectivity index (χ3n) is 3.48. The molecule has 0 saturated carbocycles. The van der Waals surface area contributed by atoms with Crippen molar-refractivity contribution in [2.24, 2.45) is 0 Å². The fraction of sp³-hybridized carbons (Fsp3) is 0.278. The molecular weight excluding hydrogens is 276 g/mol. The van der Waals surface area contributed by atoms with Crippen molar-refractivity contribution in [1.29, 1.82) is 0 Å². The molecule has 3 rings (SSSR count). The highest BCUT2D eigenvalue weighted by atomic mass is 16.6. The van der Waals surface area contributed by atoms with Crippen LogP contribution in [0.3, 0.4) is 0 Å². The van der Waals surface area contributed by atoms with Gasteiger partial charge in [0.25, 0.3) is 0 Å². The lowest BCUT2D eigenvalue weighted by molar-refractivity contribution is 0.0540. The van der Waals surface area contributed by atoms with Gasteiger partial charge in [-0.2, -0.15) is 0 Å². The Bertz CT molecular complexity index is 834. The number of rotatable bonds is 1. The fourth-order valence-corrected chi connectivity index (χ4v) is 2.52. The molecule has 0 saturated heterocycles. The number of H-pyrrole nitrogens is 1. The van der Waals surface area contributed by atoms with Gasteiger partial charge in [0.2, 0.25) is 0 Å². The molecule has 0 spiro atoms. The summed E-state index contributed by atoms with van der Waals surface area (Å²) in [5, 5.41) is 1.13. The standard InChI is InChI=1S/C18H20N2O2/c1-12-7-5-8-13-11-14(19-16(12)13)15-9-6-10-20(15)17(21)22-18(2,3)4/h5-11,19H,1-4H3. The minimum Gasteiger partial charge on any atom is -0.443 e. The third-order valence-corrected chi connectivity index (χ3v) is 3.48. The maximum absolute atomic E-state index is 12.3. The molecule has 1 aromatic carbocycles. The molecule has 4 nitrogen and oxygen atoms in total. The summed E-state index contributed by atoms with van der Waals surface area (Å²) in [6.07, 6.45) is 1.35. The van der Waals surface area contributed by atoms with Crippen molar-refractivity contribution in [3.8, 4) is 11.4 Å². The van der Waals surface area contributed by atoms with Crippen LogP contribution in [0.25, 0.3) is 22.3 Å². The first-order valence-electron chi connectivity index (χ1n) is 7.34. The second-order valence-corrected chi connectivity index (χ2v) is 6.47. The number of aryl methyl sites for hydroxylation is 1. The molecule has 2 aromatic heterocycles. The Morgan fingerprint density at radius 2 is 1.95 bits per heavy atom. The summed E-state index contributed by atoms with van der Waals surface area (Å²) in [5.74, 6) is 0. The van der Waals surface area contributed by atoms with Crippen LogP contribution in [-0.2, 0) is 4.74 Å². The number of benzene rings is 1. The quantitative estimate of drug-likeness (QED) is 0.705. The lowest BCUT2D eigenvalue weighted by Gasteiger charge is -2.20. The van der Waals surface area contributed by atoms with Gasteiger partial charge in [-0.25, -0.2) is 4.79 Å². The Morgan fingerprint density at radius 3 is 2.64 bits per heavy atom. The van der Waals surface area contributed by atoms with Crippen LogP contribution in [-0.4, -0.2) is 21.2 Å². The van der Waals surface area contributed by atoms with Gasteiger partial charge in [0.15, 0.2) is 0 Å². The molecule has 0 atom stereocenters. The Hall–Kier alpha value is -2.49. The molecule has 1 N–H and O–H groups in total. The molecule has 0 aliphatic carbocycles. The normalized spacial score (nSPS) is 11.8. The Kier molecular flexibility index (Phi) is 3.32. The average molecular weight is 296 g/mol. The first-order chi connectivity index (χ1) is 10.3. The number of hydrogen-bond donors (Lipinski definition) is 1. The number of hydrogen-bond acceptors (Lipinski definition) is 2. The number of nitrogens with zero attached hydrogens (tertiary/aromatic N) is 1. The molecule has 0 aliphatic rings. The number of ether oxygens (including phenoxy) is 1. The lowest BCUT2D eigenvalue weighted by atomic mass is 10.2. The number of nitrogens with one attached hydrogen (secondary N) is 1. The summed E-state index contributed by atoms with van der Waals surface area (Å²) in [6, 6.07) is 12.0.